The number of rotatable bonds is 4. The smallest absolute Gasteiger partial charge is 0.328 e. The van der Waals surface area contributed by atoms with E-state index < -0.39 is 11.5 Å². The van der Waals surface area contributed by atoms with E-state index >= 15 is 0 Å². The van der Waals surface area contributed by atoms with E-state index in [1.165, 1.54) is 13.8 Å². The van der Waals surface area contributed by atoms with Gasteiger partial charge in [0.15, 0.2) is 0 Å². The minimum absolute atomic E-state index is 0.163. The Morgan fingerprint density at radius 2 is 2.06 bits per heavy atom. The van der Waals surface area contributed by atoms with Gasteiger partial charge >= 0.3 is 5.97 Å². The molecule has 92 valence electrons. The fourth-order valence-electron chi connectivity index (χ4n) is 1.28. The molecule has 1 aromatic rings. The Balaban J connectivity index is 2.65. The third-order valence-corrected chi connectivity index (χ3v) is 2.73. The van der Waals surface area contributed by atoms with Gasteiger partial charge in [0.1, 0.15) is 5.54 Å². The van der Waals surface area contributed by atoms with Crippen molar-refractivity contribution in [2.75, 3.05) is 0 Å². The molecule has 1 amide bonds. The van der Waals surface area contributed by atoms with Gasteiger partial charge in [-0.25, -0.2) is 4.79 Å². The van der Waals surface area contributed by atoms with Crippen molar-refractivity contribution < 1.29 is 14.7 Å². The Hall–Kier alpha value is -1.36. The normalized spacial score (nSPS) is 11.0. The number of hydrogen-bond acceptors (Lipinski definition) is 2. The first-order valence-corrected chi connectivity index (χ1v) is 5.89. The lowest BCUT2D eigenvalue weighted by atomic mass is 10.1. The van der Waals surface area contributed by atoms with Crippen LogP contribution in [-0.2, 0) is 16.0 Å². The Labute approximate surface area is 108 Å². The standard InChI is InChI=1S/C12H14BrNO3/c1-12(2,11(16)17)14-10(15)7-8-4-3-5-9(13)6-8/h3-6H,7H2,1-2H3,(H,14,15)(H,16,17). The Bertz CT molecular complexity index is 443. The number of aliphatic carboxylic acids is 1. The molecule has 0 radical (unpaired) electrons. The van der Waals surface area contributed by atoms with Crippen LogP contribution in [0.4, 0.5) is 0 Å². The summed E-state index contributed by atoms with van der Waals surface area (Å²) >= 11 is 3.31. The van der Waals surface area contributed by atoms with Gasteiger partial charge in [-0.05, 0) is 31.5 Å². The number of amides is 1. The summed E-state index contributed by atoms with van der Waals surface area (Å²) in [6, 6.07) is 7.34. The van der Waals surface area contributed by atoms with Crippen LogP contribution in [0.5, 0.6) is 0 Å². The molecule has 0 bridgehead atoms. The molecule has 0 fully saturated rings. The minimum Gasteiger partial charge on any atom is -0.480 e. The van der Waals surface area contributed by atoms with Crippen molar-refractivity contribution in [3.8, 4) is 0 Å². The molecule has 17 heavy (non-hydrogen) atoms. The second kappa shape index (κ2) is 5.31. The third-order valence-electron chi connectivity index (χ3n) is 2.24. The zero-order valence-electron chi connectivity index (χ0n) is 9.66. The molecule has 0 saturated heterocycles. The average Bonchev–Trinajstić information content (AvgIpc) is 2.15. The lowest BCUT2D eigenvalue weighted by molar-refractivity contribution is -0.145. The molecule has 0 atom stereocenters. The van der Waals surface area contributed by atoms with Crippen molar-refractivity contribution in [2.24, 2.45) is 0 Å². The quantitative estimate of drug-likeness (QED) is 0.893. The number of halogens is 1. The van der Waals surface area contributed by atoms with Gasteiger partial charge in [-0.2, -0.15) is 0 Å². The fraction of sp³-hybridized carbons (Fsp3) is 0.333. The minimum atomic E-state index is -1.25. The summed E-state index contributed by atoms with van der Waals surface area (Å²) in [5, 5.41) is 11.3. The van der Waals surface area contributed by atoms with Gasteiger partial charge in [-0.1, -0.05) is 28.1 Å². The molecule has 0 unspecified atom stereocenters. The van der Waals surface area contributed by atoms with Gasteiger partial charge in [-0.3, -0.25) is 4.79 Å². The molecule has 0 aliphatic heterocycles. The van der Waals surface area contributed by atoms with Crippen molar-refractivity contribution in [2.45, 2.75) is 25.8 Å². The molecule has 0 heterocycles. The lowest BCUT2D eigenvalue weighted by Gasteiger charge is -2.20. The van der Waals surface area contributed by atoms with E-state index in [2.05, 4.69) is 21.2 Å². The van der Waals surface area contributed by atoms with Gasteiger partial charge in [0, 0.05) is 4.47 Å². The zero-order valence-corrected chi connectivity index (χ0v) is 11.2. The Kier molecular flexibility index (Phi) is 4.28. The molecule has 1 aromatic carbocycles. The van der Waals surface area contributed by atoms with Crippen LogP contribution in [0, 0.1) is 0 Å². The largest absolute Gasteiger partial charge is 0.480 e. The number of carbonyl (C=O) groups excluding carboxylic acids is 1. The lowest BCUT2D eigenvalue weighted by Crippen LogP contribution is -2.50. The van der Waals surface area contributed by atoms with Crippen LogP contribution >= 0.6 is 15.9 Å². The summed E-state index contributed by atoms with van der Waals surface area (Å²) in [5.41, 5.74) is -0.415. The number of benzene rings is 1. The fourth-order valence-corrected chi connectivity index (χ4v) is 1.73. The maximum atomic E-state index is 11.7. The van der Waals surface area contributed by atoms with Gasteiger partial charge in [-0.15, -0.1) is 0 Å². The predicted molar refractivity (Wildman–Crippen MR) is 67.7 cm³/mol. The molecule has 2 N–H and O–H groups in total. The van der Waals surface area contributed by atoms with Crippen LogP contribution in [-0.4, -0.2) is 22.5 Å². The summed E-state index contributed by atoms with van der Waals surface area (Å²) < 4.78 is 0.889. The molecule has 5 heteroatoms. The summed E-state index contributed by atoms with van der Waals surface area (Å²) in [7, 11) is 0. The molecule has 4 nitrogen and oxygen atoms in total. The van der Waals surface area contributed by atoms with E-state index in [4.69, 9.17) is 5.11 Å². The van der Waals surface area contributed by atoms with Crippen LogP contribution in [0.1, 0.15) is 19.4 Å². The molecule has 0 saturated carbocycles. The van der Waals surface area contributed by atoms with Crippen molar-refractivity contribution in [1.29, 1.82) is 0 Å². The third kappa shape index (κ3) is 4.19. The van der Waals surface area contributed by atoms with E-state index in [0.29, 0.717) is 0 Å². The zero-order chi connectivity index (χ0) is 13.1. The topological polar surface area (TPSA) is 66.4 Å². The Morgan fingerprint density at radius 1 is 1.41 bits per heavy atom. The van der Waals surface area contributed by atoms with E-state index in [9.17, 15) is 9.59 Å². The van der Waals surface area contributed by atoms with Crippen LogP contribution in [0.25, 0.3) is 0 Å². The summed E-state index contributed by atoms with van der Waals surface area (Å²) in [6.07, 6.45) is 0.163. The number of carboxylic acid groups (broad SMARTS) is 1. The van der Waals surface area contributed by atoms with E-state index in [-0.39, 0.29) is 12.3 Å². The van der Waals surface area contributed by atoms with Crippen molar-refractivity contribution in [3.05, 3.63) is 34.3 Å². The molecule has 0 spiro atoms. The Morgan fingerprint density at radius 3 is 2.59 bits per heavy atom. The number of nitrogens with one attached hydrogen (secondary N) is 1. The summed E-state index contributed by atoms with van der Waals surface area (Å²) in [6.45, 7) is 2.91. The predicted octanol–water partition coefficient (Wildman–Crippen LogP) is 1.97. The van der Waals surface area contributed by atoms with Crippen LogP contribution in [0.15, 0.2) is 28.7 Å². The molecule has 1 rings (SSSR count). The van der Waals surface area contributed by atoms with Gasteiger partial charge in [0.25, 0.3) is 0 Å². The highest BCUT2D eigenvalue weighted by Crippen LogP contribution is 2.12. The second-order valence-electron chi connectivity index (χ2n) is 4.29. The van der Waals surface area contributed by atoms with E-state index in [1.54, 1.807) is 0 Å². The van der Waals surface area contributed by atoms with E-state index in [0.717, 1.165) is 10.0 Å². The highest BCUT2D eigenvalue weighted by Gasteiger charge is 2.28. The maximum absolute atomic E-state index is 11.7. The molecule has 0 aliphatic rings. The highest BCUT2D eigenvalue weighted by molar-refractivity contribution is 9.10. The molecule has 0 aromatic heterocycles. The van der Waals surface area contributed by atoms with Gasteiger partial charge in [0.2, 0.25) is 5.91 Å². The molecular formula is C12H14BrNO3. The van der Waals surface area contributed by atoms with Gasteiger partial charge < -0.3 is 10.4 Å². The highest BCUT2D eigenvalue weighted by atomic mass is 79.9. The van der Waals surface area contributed by atoms with Crippen LogP contribution < -0.4 is 5.32 Å². The van der Waals surface area contributed by atoms with Crippen molar-refractivity contribution in [1.82, 2.24) is 5.32 Å². The number of carbonyl (C=O) groups is 2. The maximum Gasteiger partial charge on any atom is 0.328 e. The number of carboxylic acids is 1. The second-order valence-corrected chi connectivity index (χ2v) is 5.20. The summed E-state index contributed by atoms with van der Waals surface area (Å²) in [5.74, 6) is -1.37. The summed E-state index contributed by atoms with van der Waals surface area (Å²) in [4.78, 5) is 22.5. The molecule has 0 aliphatic carbocycles. The first-order valence-electron chi connectivity index (χ1n) is 5.10. The number of hydrogen-bond donors (Lipinski definition) is 2. The first-order chi connectivity index (χ1) is 7.81. The average molecular weight is 300 g/mol. The van der Waals surface area contributed by atoms with Crippen LogP contribution in [0.3, 0.4) is 0 Å². The molecular weight excluding hydrogens is 286 g/mol. The monoisotopic (exact) mass is 299 g/mol. The van der Waals surface area contributed by atoms with Crippen molar-refractivity contribution in [3.63, 3.8) is 0 Å². The van der Waals surface area contributed by atoms with Gasteiger partial charge in [0.05, 0.1) is 6.42 Å². The van der Waals surface area contributed by atoms with Crippen molar-refractivity contribution >= 4 is 27.8 Å². The first kappa shape index (κ1) is 13.7. The SMILES string of the molecule is CC(C)(NC(=O)Cc1cccc(Br)c1)C(=O)O. The van der Waals surface area contributed by atoms with Crippen LogP contribution in [0.2, 0.25) is 0 Å². The van der Waals surface area contributed by atoms with E-state index in [1.807, 2.05) is 24.3 Å².